The molecule has 0 fully saturated rings. The molecule has 0 radical (unpaired) electrons. The predicted octanol–water partition coefficient (Wildman–Crippen LogP) is 12.7. The lowest BCUT2D eigenvalue weighted by molar-refractivity contribution is 0.615. The second-order valence-corrected chi connectivity index (χ2v) is 14.8. The lowest BCUT2D eigenvalue weighted by atomic mass is 9.67. The van der Waals surface area contributed by atoms with Crippen LogP contribution in [0.2, 0.25) is 0 Å². The maximum Gasteiger partial charge on any atom is 0.160 e. The Morgan fingerprint density at radius 2 is 1.09 bits per heavy atom. The molecule has 0 bridgehead atoms. The zero-order valence-electron chi connectivity index (χ0n) is 28.5. The summed E-state index contributed by atoms with van der Waals surface area (Å²) in [6.07, 6.45) is 1.81. The first kappa shape index (κ1) is 30.2. The molecular formula is C49H30N2OS. The Morgan fingerprint density at radius 1 is 0.434 bits per heavy atom. The van der Waals surface area contributed by atoms with Crippen molar-refractivity contribution in [1.29, 1.82) is 0 Å². The van der Waals surface area contributed by atoms with Crippen LogP contribution in [0, 0.1) is 0 Å². The zero-order chi connectivity index (χ0) is 34.9. The SMILES string of the molecule is c1ccc(-c2cc(-c3cccc(-c4ccc5c(c4)C4(c6ccccc6S5)c5ccccc5-c5c4ccc4occc54)c3)nc(-c3ccccc3)n2)cc1. The van der Waals surface area contributed by atoms with Gasteiger partial charge in [-0.3, -0.25) is 0 Å². The fourth-order valence-corrected chi connectivity index (χ4v) is 9.72. The number of hydrogen-bond donors (Lipinski definition) is 0. The Labute approximate surface area is 311 Å². The number of rotatable bonds is 4. The van der Waals surface area contributed by atoms with Crippen molar-refractivity contribution in [2.45, 2.75) is 15.2 Å². The maximum atomic E-state index is 5.95. The molecule has 3 heterocycles. The molecular weight excluding hydrogens is 665 g/mol. The van der Waals surface area contributed by atoms with Crippen molar-refractivity contribution in [2.24, 2.45) is 0 Å². The summed E-state index contributed by atoms with van der Waals surface area (Å²) < 4.78 is 5.95. The fraction of sp³-hybridized carbons (Fsp3) is 0.0204. The van der Waals surface area contributed by atoms with Crippen LogP contribution in [0.3, 0.4) is 0 Å². The molecule has 1 spiro atoms. The van der Waals surface area contributed by atoms with E-state index in [1.165, 1.54) is 48.7 Å². The van der Waals surface area contributed by atoms with Crippen LogP contribution >= 0.6 is 11.8 Å². The van der Waals surface area contributed by atoms with Crippen LogP contribution in [-0.4, -0.2) is 9.97 Å². The summed E-state index contributed by atoms with van der Waals surface area (Å²) in [7, 11) is 0. The van der Waals surface area contributed by atoms with Crippen molar-refractivity contribution < 1.29 is 4.42 Å². The number of hydrogen-bond acceptors (Lipinski definition) is 4. The molecule has 0 saturated carbocycles. The summed E-state index contributed by atoms with van der Waals surface area (Å²) in [6.45, 7) is 0. The van der Waals surface area contributed by atoms with Crippen LogP contribution in [0.1, 0.15) is 22.3 Å². The van der Waals surface area contributed by atoms with Crippen LogP contribution in [-0.2, 0) is 5.41 Å². The highest BCUT2D eigenvalue weighted by atomic mass is 32.2. The average molecular weight is 695 g/mol. The lowest BCUT2D eigenvalue weighted by Gasteiger charge is -2.40. The molecule has 4 heteroatoms. The van der Waals surface area contributed by atoms with Gasteiger partial charge < -0.3 is 4.42 Å². The van der Waals surface area contributed by atoms with Gasteiger partial charge in [0.1, 0.15) is 5.58 Å². The summed E-state index contributed by atoms with van der Waals surface area (Å²) in [5, 5.41) is 1.16. The van der Waals surface area contributed by atoms with Crippen LogP contribution in [0.25, 0.3) is 67.1 Å². The third-order valence-electron chi connectivity index (χ3n) is 10.9. The number of furan rings is 1. The summed E-state index contributed by atoms with van der Waals surface area (Å²) in [6, 6.07) is 63.0. The Morgan fingerprint density at radius 3 is 1.94 bits per heavy atom. The molecule has 53 heavy (non-hydrogen) atoms. The molecule has 2 aromatic heterocycles. The topological polar surface area (TPSA) is 38.9 Å². The van der Waals surface area contributed by atoms with E-state index in [2.05, 4.69) is 152 Å². The number of benzene rings is 7. The summed E-state index contributed by atoms with van der Waals surface area (Å²) >= 11 is 1.87. The number of aromatic nitrogens is 2. The van der Waals surface area contributed by atoms with Crippen LogP contribution in [0.4, 0.5) is 0 Å². The van der Waals surface area contributed by atoms with Gasteiger partial charge in [0.05, 0.1) is 23.1 Å². The Hall–Kier alpha value is -6.49. The largest absolute Gasteiger partial charge is 0.464 e. The van der Waals surface area contributed by atoms with Gasteiger partial charge in [-0.25, -0.2) is 9.97 Å². The highest BCUT2D eigenvalue weighted by Crippen LogP contribution is 2.63. The van der Waals surface area contributed by atoms with Crippen molar-refractivity contribution >= 4 is 22.7 Å². The highest BCUT2D eigenvalue weighted by molar-refractivity contribution is 7.99. The predicted molar refractivity (Wildman–Crippen MR) is 215 cm³/mol. The van der Waals surface area contributed by atoms with Gasteiger partial charge in [-0.1, -0.05) is 145 Å². The standard InChI is InChI=1S/C49H30N2OS/c1-3-12-31(13-4-1)42-30-43(51-48(50-42)32-14-5-2-6-15-32)35-17-11-16-33(28-35)34-22-25-46-41(29-34)49(39-20-9-10-21-45(39)53-46)38-19-8-7-18-36(38)47-37-26-27-52-44(37)24-23-40(47)49/h1-30H. The first-order valence-electron chi connectivity index (χ1n) is 17.9. The van der Waals surface area contributed by atoms with Crippen molar-refractivity contribution in [3.05, 3.63) is 204 Å². The minimum atomic E-state index is -0.482. The van der Waals surface area contributed by atoms with E-state index in [9.17, 15) is 0 Å². The van der Waals surface area contributed by atoms with Gasteiger partial charge in [0.15, 0.2) is 5.82 Å². The summed E-state index contributed by atoms with van der Waals surface area (Å²) in [5.41, 5.74) is 15.4. The van der Waals surface area contributed by atoms with Crippen LogP contribution in [0.5, 0.6) is 0 Å². The molecule has 0 saturated heterocycles. The lowest BCUT2D eigenvalue weighted by Crippen LogP contribution is -2.32. The second-order valence-electron chi connectivity index (χ2n) is 13.7. The molecule has 11 rings (SSSR count). The molecule has 9 aromatic rings. The molecule has 1 aliphatic carbocycles. The smallest absolute Gasteiger partial charge is 0.160 e. The maximum absolute atomic E-state index is 5.95. The first-order valence-corrected chi connectivity index (χ1v) is 18.7. The Kier molecular flexibility index (Phi) is 6.70. The summed E-state index contributed by atoms with van der Waals surface area (Å²) in [5.74, 6) is 0.712. The molecule has 2 aliphatic rings. The van der Waals surface area contributed by atoms with Gasteiger partial charge >= 0.3 is 0 Å². The van der Waals surface area contributed by atoms with E-state index in [0.29, 0.717) is 5.82 Å². The Balaban J connectivity index is 1.11. The minimum Gasteiger partial charge on any atom is -0.464 e. The molecule has 0 amide bonds. The second kappa shape index (κ2) is 11.8. The molecule has 1 atom stereocenters. The van der Waals surface area contributed by atoms with Crippen molar-refractivity contribution in [1.82, 2.24) is 9.97 Å². The molecule has 248 valence electrons. The Bertz CT molecular complexity index is 2820. The van der Waals surface area contributed by atoms with Gasteiger partial charge in [-0.2, -0.15) is 0 Å². The quantitative estimate of drug-likeness (QED) is 0.184. The third-order valence-corrected chi connectivity index (χ3v) is 12.0. The van der Waals surface area contributed by atoms with E-state index < -0.39 is 5.41 Å². The van der Waals surface area contributed by atoms with Gasteiger partial charge in [0.25, 0.3) is 0 Å². The molecule has 3 nitrogen and oxygen atoms in total. The fourth-order valence-electron chi connectivity index (χ4n) is 8.55. The first-order chi connectivity index (χ1) is 26.3. The average Bonchev–Trinajstić information content (AvgIpc) is 3.83. The van der Waals surface area contributed by atoms with Gasteiger partial charge in [0.2, 0.25) is 0 Å². The van der Waals surface area contributed by atoms with Crippen molar-refractivity contribution in [3.63, 3.8) is 0 Å². The van der Waals surface area contributed by atoms with E-state index in [1.807, 2.05) is 42.3 Å². The molecule has 1 aliphatic heterocycles. The van der Waals surface area contributed by atoms with Gasteiger partial charge in [-0.15, -0.1) is 0 Å². The van der Waals surface area contributed by atoms with E-state index >= 15 is 0 Å². The normalized spacial score (nSPS) is 15.2. The van der Waals surface area contributed by atoms with E-state index in [0.717, 1.165) is 44.6 Å². The molecule has 1 unspecified atom stereocenters. The van der Waals surface area contributed by atoms with Crippen molar-refractivity contribution in [3.8, 4) is 56.2 Å². The highest BCUT2D eigenvalue weighted by Gasteiger charge is 2.50. The molecule has 0 N–H and O–H groups in total. The van der Waals surface area contributed by atoms with Crippen LogP contribution in [0.15, 0.2) is 196 Å². The monoisotopic (exact) mass is 694 g/mol. The van der Waals surface area contributed by atoms with Crippen molar-refractivity contribution in [2.75, 3.05) is 0 Å². The van der Waals surface area contributed by atoms with E-state index in [4.69, 9.17) is 14.4 Å². The van der Waals surface area contributed by atoms with Gasteiger partial charge in [0, 0.05) is 31.9 Å². The minimum absolute atomic E-state index is 0.482. The van der Waals surface area contributed by atoms with Crippen LogP contribution < -0.4 is 0 Å². The summed E-state index contributed by atoms with van der Waals surface area (Å²) in [4.78, 5) is 12.7. The molecule has 7 aromatic carbocycles. The third kappa shape index (κ3) is 4.56. The van der Waals surface area contributed by atoms with E-state index in [1.54, 1.807) is 0 Å². The van der Waals surface area contributed by atoms with E-state index in [-0.39, 0.29) is 0 Å². The van der Waals surface area contributed by atoms with Gasteiger partial charge in [-0.05, 0) is 87.0 Å². The number of fused-ring (bicyclic) bond motifs is 11. The zero-order valence-corrected chi connectivity index (χ0v) is 29.3. The number of nitrogens with zero attached hydrogens (tertiary/aromatic N) is 2.